The van der Waals surface area contributed by atoms with Crippen molar-refractivity contribution < 1.29 is 5.73 Å². The van der Waals surface area contributed by atoms with Gasteiger partial charge in [0.2, 0.25) is 0 Å². The van der Waals surface area contributed by atoms with E-state index in [4.69, 9.17) is 5.73 Å². The Labute approximate surface area is 51.2 Å². The van der Waals surface area contributed by atoms with Crippen LogP contribution in [0, 0.1) is 0 Å². The quantitative estimate of drug-likeness (QED) is 0.490. The Balaban J connectivity index is 2.72. The molecular formula is C6H17N2+. The van der Waals surface area contributed by atoms with Crippen molar-refractivity contribution in [1.82, 2.24) is 0 Å². The zero-order valence-corrected chi connectivity index (χ0v) is 5.69. The van der Waals surface area contributed by atoms with E-state index in [0.29, 0.717) is 6.04 Å². The van der Waals surface area contributed by atoms with Crippen molar-refractivity contribution in [3.63, 3.8) is 0 Å². The molecule has 2 heteroatoms. The largest absolute Gasteiger partial charge is 0.355 e. The monoisotopic (exact) mass is 117 g/mol. The van der Waals surface area contributed by atoms with Crippen LogP contribution in [0.15, 0.2) is 0 Å². The van der Waals surface area contributed by atoms with Gasteiger partial charge in [-0.05, 0) is 32.7 Å². The third-order valence-corrected chi connectivity index (χ3v) is 1.15. The SMILES string of the molecule is C[C@@H]([NH3+])CCCCN. The van der Waals surface area contributed by atoms with Crippen LogP contribution in [0.4, 0.5) is 0 Å². The summed E-state index contributed by atoms with van der Waals surface area (Å²) >= 11 is 0. The fourth-order valence-electron chi connectivity index (χ4n) is 0.637. The fourth-order valence-corrected chi connectivity index (χ4v) is 0.637. The Morgan fingerprint density at radius 1 is 1.50 bits per heavy atom. The minimum absolute atomic E-state index is 0.599. The van der Waals surface area contributed by atoms with Gasteiger partial charge in [-0.25, -0.2) is 0 Å². The van der Waals surface area contributed by atoms with Crippen molar-refractivity contribution in [1.29, 1.82) is 0 Å². The predicted molar refractivity (Wildman–Crippen MR) is 35.3 cm³/mol. The molecule has 0 aromatic carbocycles. The number of rotatable bonds is 4. The molecule has 0 unspecified atom stereocenters. The number of nitrogens with two attached hydrogens (primary N) is 1. The van der Waals surface area contributed by atoms with Crippen LogP contribution in [0.1, 0.15) is 26.2 Å². The van der Waals surface area contributed by atoms with Crippen molar-refractivity contribution in [2.24, 2.45) is 5.73 Å². The van der Waals surface area contributed by atoms with Crippen LogP contribution in [-0.4, -0.2) is 12.6 Å². The molecule has 1 atom stereocenters. The second kappa shape index (κ2) is 5.06. The fraction of sp³-hybridized carbons (Fsp3) is 1.00. The number of quaternary nitrogens is 1. The van der Waals surface area contributed by atoms with E-state index < -0.39 is 0 Å². The first kappa shape index (κ1) is 7.92. The molecule has 0 aromatic rings. The summed E-state index contributed by atoms with van der Waals surface area (Å²) < 4.78 is 0. The molecule has 0 heterocycles. The molecule has 0 fully saturated rings. The van der Waals surface area contributed by atoms with Crippen LogP contribution in [0.2, 0.25) is 0 Å². The summed E-state index contributed by atoms with van der Waals surface area (Å²) in [5.74, 6) is 0. The van der Waals surface area contributed by atoms with Crippen LogP contribution in [0.5, 0.6) is 0 Å². The maximum absolute atomic E-state index is 5.29. The van der Waals surface area contributed by atoms with Gasteiger partial charge >= 0.3 is 0 Å². The first-order chi connectivity index (χ1) is 3.77. The van der Waals surface area contributed by atoms with Crippen molar-refractivity contribution in [3.05, 3.63) is 0 Å². The van der Waals surface area contributed by atoms with Gasteiger partial charge in [-0.15, -0.1) is 0 Å². The third-order valence-electron chi connectivity index (χ3n) is 1.15. The van der Waals surface area contributed by atoms with E-state index in [2.05, 4.69) is 12.7 Å². The van der Waals surface area contributed by atoms with Crippen molar-refractivity contribution in [3.8, 4) is 0 Å². The minimum Gasteiger partial charge on any atom is -0.355 e. The molecule has 0 saturated carbocycles. The Morgan fingerprint density at radius 3 is 2.50 bits per heavy atom. The second-order valence-corrected chi connectivity index (χ2v) is 2.39. The predicted octanol–water partition coefficient (Wildman–Crippen LogP) is -0.254. The Kier molecular flexibility index (Phi) is 5.01. The normalized spacial score (nSPS) is 13.9. The average molecular weight is 117 g/mol. The Bertz CT molecular complexity index is 43.8. The van der Waals surface area contributed by atoms with Gasteiger partial charge in [0.15, 0.2) is 0 Å². The van der Waals surface area contributed by atoms with E-state index in [9.17, 15) is 0 Å². The molecule has 0 amide bonds. The summed E-state index contributed by atoms with van der Waals surface area (Å²) in [5.41, 5.74) is 9.16. The minimum atomic E-state index is 0.599. The van der Waals surface area contributed by atoms with Crippen molar-refractivity contribution >= 4 is 0 Å². The molecule has 0 bridgehead atoms. The van der Waals surface area contributed by atoms with Crippen LogP contribution in [0.3, 0.4) is 0 Å². The van der Waals surface area contributed by atoms with Gasteiger partial charge in [0.25, 0.3) is 0 Å². The van der Waals surface area contributed by atoms with Gasteiger partial charge in [-0.3, -0.25) is 0 Å². The first-order valence-electron chi connectivity index (χ1n) is 3.30. The molecule has 8 heavy (non-hydrogen) atoms. The highest BCUT2D eigenvalue weighted by Gasteiger charge is 1.94. The number of unbranched alkanes of at least 4 members (excludes halogenated alkanes) is 1. The van der Waals surface area contributed by atoms with Crippen molar-refractivity contribution in [2.75, 3.05) is 6.54 Å². The molecule has 0 aliphatic carbocycles. The summed E-state index contributed by atoms with van der Waals surface area (Å²) in [6, 6.07) is 0.599. The third kappa shape index (κ3) is 5.92. The average Bonchev–Trinajstić information content (AvgIpc) is 1.66. The summed E-state index contributed by atoms with van der Waals surface area (Å²) in [6.45, 7) is 2.96. The Morgan fingerprint density at radius 2 is 2.12 bits per heavy atom. The Hall–Kier alpha value is -0.0800. The van der Waals surface area contributed by atoms with Gasteiger partial charge in [-0.1, -0.05) is 0 Å². The van der Waals surface area contributed by atoms with Gasteiger partial charge in [0, 0.05) is 0 Å². The van der Waals surface area contributed by atoms with Gasteiger partial charge in [-0.2, -0.15) is 0 Å². The lowest BCUT2D eigenvalue weighted by Crippen LogP contribution is -2.58. The molecule has 5 N–H and O–H groups in total. The molecule has 0 spiro atoms. The molecule has 0 aliphatic rings. The molecule has 0 rings (SSSR count). The van der Waals surface area contributed by atoms with E-state index in [-0.39, 0.29) is 0 Å². The second-order valence-electron chi connectivity index (χ2n) is 2.39. The number of hydrogen-bond donors (Lipinski definition) is 2. The lowest BCUT2D eigenvalue weighted by Gasteiger charge is -1.98. The van der Waals surface area contributed by atoms with E-state index in [1.807, 2.05) is 0 Å². The van der Waals surface area contributed by atoms with E-state index in [1.165, 1.54) is 12.8 Å². The summed E-state index contributed by atoms with van der Waals surface area (Å²) in [4.78, 5) is 0. The lowest BCUT2D eigenvalue weighted by molar-refractivity contribution is -0.415. The smallest absolute Gasteiger partial charge is 0.0815 e. The van der Waals surface area contributed by atoms with Gasteiger partial charge in [0.1, 0.15) is 0 Å². The molecule has 0 radical (unpaired) electrons. The van der Waals surface area contributed by atoms with Crippen LogP contribution >= 0.6 is 0 Å². The van der Waals surface area contributed by atoms with Gasteiger partial charge in [0.05, 0.1) is 6.04 Å². The maximum atomic E-state index is 5.29. The maximum Gasteiger partial charge on any atom is 0.0815 e. The summed E-state index contributed by atoms with van der Waals surface area (Å²) in [5, 5.41) is 0. The highest BCUT2D eigenvalue weighted by atomic mass is 14.6. The lowest BCUT2D eigenvalue weighted by atomic mass is 10.1. The van der Waals surface area contributed by atoms with Gasteiger partial charge < -0.3 is 11.5 Å². The first-order valence-corrected chi connectivity index (χ1v) is 3.30. The zero-order chi connectivity index (χ0) is 6.41. The molecule has 0 aromatic heterocycles. The summed E-state index contributed by atoms with van der Waals surface area (Å²) in [6.07, 6.45) is 3.61. The van der Waals surface area contributed by atoms with Crippen LogP contribution < -0.4 is 11.5 Å². The van der Waals surface area contributed by atoms with E-state index in [1.54, 1.807) is 0 Å². The van der Waals surface area contributed by atoms with E-state index in [0.717, 1.165) is 13.0 Å². The zero-order valence-electron chi connectivity index (χ0n) is 5.69. The van der Waals surface area contributed by atoms with Crippen LogP contribution in [-0.2, 0) is 0 Å². The topological polar surface area (TPSA) is 53.7 Å². The molecule has 50 valence electrons. The molecular weight excluding hydrogens is 100 g/mol. The van der Waals surface area contributed by atoms with Crippen molar-refractivity contribution in [2.45, 2.75) is 32.2 Å². The standard InChI is InChI=1S/C6H16N2/c1-6(8)4-2-3-5-7/h6H,2-5,7-8H2,1H3/p+1/t6-/m1/s1. The highest BCUT2D eigenvalue weighted by molar-refractivity contribution is 4.46. The van der Waals surface area contributed by atoms with Crippen LogP contribution in [0.25, 0.3) is 0 Å². The molecule has 0 saturated heterocycles. The van der Waals surface area contributed by atoms with E-state index >= 15 is 0 Å². The molecule has 0 aliphatic heterocycles. The number of hydrogen-bond acceptors (Lipinski definition) is 1. The highest BCUT2D eigenvalue weighted by Crippen LogP contribution is 1.93. The molecule has 2 nitrogen and oxygen atoms in total. The summed E-state index contributed by atoms with van der Waals surface area (Å²) in [7, 11) is 0.